The number of unbranched alkanes of at least 4 members (excludes halogenated alkanes) is 1. The maximum atomic E-state index is 12.4. The fourth-order valence-corrected chi connectivity index (χ4v) is 4.15. The topological polar surface area (TPSA) is 75.7 Å². The van der Waals surface area contributed by atoms with Gasteiger partial charge in [0.15, 0.2) is 0 Å². The van der Waals surface area contributed by atoms with Crippen LogP contribution in [0.3, 0.4) is 0 Å². The van der Waals surface area contributed by atoms with Crippen molar-refractivity contribution >= 4 is 27.5 Å². The number of sulfonamides is 1. The van der Waals surface area contributed by atoms with Crippen molar-refractivity contribution in [2.24, 2.45) is 0 Å². The Kier molecular flexibility index (Phi) is 5.28. The van der Waals surface area contributed by atoms with Crippen LogP contribution in [-0.2, 0) is 21.2 Å². The standard InChI is InChI=1S/C15H22N2O4S/c1-3-5-10-22(19,20)17-9-8-12-6-7-13(11-14(12)17)16-15(18)21-4-2/h6-7,11H,3-5,8-10H2,1-2H3,(H,16,18). The lowest BCUT2D eigenvalue weighted by atomic mass is 10.1. The SMILES string of the molecule is CCCCS(=O)(=O)N1CCc2ccc(NC(=O)OCC)cc21. The molecule has 0 spiro atoms. The first-order chi connectivity index (χ1) is 10.5. The first-order valence-electron chi connectivity index (χ1n) is 7.55. The van der Waals surface area contributed by atoms with Crippen molar-refractivity contribution in [1.82, 2.24) is 0 Å². The third-order valence-corrected chi connectivity index (χ3v) is 5.41. The lowest BCUT2D eigenvalue weighted by Gasteiger charge is -2.20. The molecule has 1 aromatic carbocycles. The molecule has 0 bridgehead atoms. The zero-order valence-electron chi connectivity index (χ0n) is 13.0. The lowest BCUT2D eigenvalue weighted by Crippen LogP contribution is -2.31. The van der Waals surface area contributed by atoms with Gasteiger partial charge in [0, 0.05) is 12.2 Å². The normalized spacial score (nSPS) is 13.8. The molecule has 7 heteroatoms. The molecule has 0 fully saturated rings. The Morgan fingerprint density at radius 3 is 2.82 bits per heavy atom. The first-order valence-corrected chi connectivity index (χ1v) is 9.16. The highest BCUT2D eigenvalue weighted by molar-refractivity contribution is 7.92. The smallest absolute Gasteiger partial charge is 0.411 e. The van der Waals surface area contributed by atoms with Gasteiger partial charge in [-0.1, -0.05) is 19.4 Å². The summed E-state index contributed by atoms with van der Waals surface area (Å²) in [5, 5.41) is 2.61. The van der Waals surface area contributed by atoms with E-state index in [2.05, 4.69) is 5.32 Å². The number of nitrogens with one attached hydrogen (secondary N) is 1. The molecule has 0 radical (unpaired) electrons. The van der Waals surface area contributed by atoms with Gasteiger partial charge < -0.3 is 4.74 Å². The maximum Gasteiger partial charge on any atom is 0.411 e. The minimum Gasteiger partial charge on any atom is -0.450 e. The number of hydrogen-bond donors (Lipinski definition) is 1. The predicted octanol–water partition coefficient (Wildman–Crippen LogP) is 2.75. The largest absolute Gasteiger partial charge is 0.450 e. The second-order valence-electron chi connectivity index (χ2n) is 5.18. The zero-order valence-corrected chi connectivity index (χ0v) is 13.8. The van der Waals surface area contributed by atoms with Crippen LogP contribution < -0.4 is 9.62 Å². The molecule has 1 heterocycles. The van der Waals surface area contributed by atoms with E-state index < -0.39 is 16.1 Å². The first kappa shape index (κ1) is 16.6. The van der Waals surface area contributed by atoms with Crippen LogP contribution in [0, 0.1) is 0 Å². The number of hydrogen-bond acceptors (Lipinski definition) is 4. The number of carbonyl (C=O) groups excluding carboxylic acids is 1. The number of nitrogens with zero attached hydrogens (tertiary/aromatic N) is 1. The van der Waals surface area contributed by atoms with E-state index in [-0.39, 0.29) is 12.4 Å². The van der Waals surface area contributed by atoms with Crippen LogP contribution in [0.15, 0.2) is 18.2 Å². The molecule has 22 heavy (non-hydrogen) atoms. The number of ether oxygens (including phenoxy) is 1. The molecule has 1 aliphatic rings. The highest BCUT2D eigenvalue weighted by Crippen LogP contribution is 2.33. The van der Waals surface area contributed by atoms with Crippen LogP contribution in [-0.4, -0.2) is 33.4 Å². The Labute approximate surface area is 131 Å². The van der Waals surface area contributed by atoms with E-state index in [9.17, 15) is 13.2 Å². The molecule has 0 atom stereocenters. The molecular weight excluding hydrogens is 304 g/mol. The zero-order chi connectivity index (χ0) is 16.2. The van der Waals surface area contributed by atoms with Crippen molar-refractivity contribution in [3.63, 3.8) is 0 Å². The van der Waals surface area contributed by atoms with E-state index in [1.165, 1.54) is 4.31 Å². The Hall–Kier alpha value is -1.76. The maximum absolute atomic E-state index is 12.4. The third-order valence-electron chi connectivity index (χ3n) is 3.55. The van der Waals surface area contributed by atoms with Crippen molar-refractivity contribution in [2.75, 3.05) is 28.5 Å². The van der Waals surface area contributed by atoms with Gasteiger partial charge in [0.05, 0.1) is 18.0 Å². The Bertz CT molecular complexity index is 643. The van der Waals surface area contributed by atoms with Crippen LogP contribution >= 0.6 is 0 Å². The van der Waals surface area contributed by atoms with Crippen molar-refractivity contribution in [1.29, 1.82) is 0 Å². The van der Waals surface area contributed by atoms with E-state index in [0.717, 1.165) is 12.0 Å². The summed E-state index contributed by atoms with van der Waals surface area (Å²) in [6, 6.07) is 5.31. The van der Waals surface area contributed by atoms with Gasteiger partial charge in [-0.3, -0.25) is 9.62 Å². The minimum absolute atomic E-state index is 0.151. The van der Waals surface area contributed by atoms with Gasteiger partial charge in [-0.05, 0) is 37.5 Å². The number of fused-ring (bicyclic) bond motifs is 1. The van der Waals surface area contributed by atoms with E-state index in [1.54, 1.807) is 19.1 Å². The summed E-state index contributed by atoms with van der Waals surface area (Å²) >= 11 is 0. The van der Waals surface area contributed by atoms with Crippen molar-refractivity contribution in [2.45, 2.75) is 33.1 Å². The molecule has 1 amide bonds. The van der Waals surface area contributed by atoms with Gasteiger partial charge in [0.2, 0.25) is 10.0 Å². The van der Waals surface area contributed by atoms with Crippen LogP contribution in [0.5, 0.6) is 0 Å². The van der Waals surface area contributed by atoms with Crippen LogP contribution in [0.1, 0.15) is 32.3 Å². The number of anilines is 2. The summed E-state index contributed by atoms with van der Waals surface area (Å²) in [5.74, 6) is 0.151. The molecule has 0 saturated carbocycles. The minimum atomic E-state index is -3.30. The molecule has 122 valence electrons. The second kappa shape index (κ2) is 7.00. The Morgan fingerprint density at radius 1 is 1.36 bits per heavy atom. The average Bonchev–Trinajstić information content (AvgIpc) is 2.89. The quantitative estimate of drug-likeness (QED) is 0.872. The van der Waals surface area contributed by atoms with Gasteiger partial charge in [-0.15, -0.1) is 0 Å². The fourth-order valence-electron chi connectivity index (χ4n) is 2.44. The van der Waals surface area contributed by atoms with Crippen molar-refractivity contribution in [3.8, 4) is 0 Å². The van der Waals surface area contributed by atoms with Gasteiger partial charge >= 0.3 is 6.09 Å². The lowest BCUT2D eigenvalue weighted by molar-refractivity contribution is 0.168. The second-order valence-corrected chi connectivity index (χ2v) is 7.19. The third kappa shape index (κ3) is 3.71. The van der Waals surface area contributed by atoms with Gasteiger partial charge in [-0.25, -0.2) is 13.2 Å². The number of benzene rings is 1. The number of carbonyl (C=O) groups is 1. The fraction of sp³-hybridized carbons (Fsp3) is 0.533. The molecule has 1 aromatic rings. The van der Waals surface area contributed by atoms with Crippen LogP contribution in [0.25, 0.3) is 0 Å². The molecule has 0 saturated heterocycles. The summed E-state index contributed by atoms with van der Waals surface area (Å²) in [6.07, 6.45) is 1.64. The van der Waals surface area contributed by atoms with E-state index >= 15 is 0 Å². The van der Waals surface area contributed by atoms with Crippen LogP contribution in [0.2, 0.25) is 0 Å². The van der Waals surface area contributed by atoms with E-state index in [4.69, 9.17) is 4.74 Å². The summed E-state index contributed by atoms with van der Waals surface area (Å²) in [6.45, 7) is 4.44. The van der Waals surface area contributed by atoms with Crippen molar-refractivity contribution < 1.29 is 17.9 Å². The monoisotopic (exact) mass is 326 g/mol. The van der Waals surface area contributed by atoms with Gasteiger partial charge in [-0.2, -0.15) is 0 Å². The summed E-state index contributed by atoms with van der Waals surface area (Å²) in [7, 11) is -3.30. The van der Waals surface area contributed by atoms with Gasteiger partial charge in [0.25, 0.3) is 0 Å². The highest BCUT2D eigenvalue weighted by atomic mass is 32.2. The van der Waals surface area contributed by atoms with Crippen molar-refractivity contribution in [3.05, 3.63) is 23.8 Å². The summed E-state index contributed by atoms with van der Waals surface area (Å²) in [4.78, 5) is 11.5. The predicted molar refractivity (Wildman–Crippen MR) is 86.8 cm³/mol. The van der Waals surface area contributed by atoms with E-state index in [0.29, 0.717) is 30.8 Å². The molecule has 1 aliphatic heterocycles. The Morgan fingerprint density at radius 2 is 2.14 bits per heavy atom. The number of rotatable bonds is 6. The molecule has 6 nitrogen and oxygen atoms in total. The number of amides is 1. The summed E-state index contributed by atoms with van der Waals surface area (Å²) in [5.41, 5.74) is 2.18. The Balaban J connectivity index is 2.21. The van der Waals surface area contributed by atoms with Crippen LogP contribution in [0.4, 0.5) is 16.2 Å². The molecular formula is C15H22N2O4S. The molecule has 2 rings (SSSR count). The average molecular weight is 326 g/mol. The molecule has 0 unspecified atom stereocenters. The van der Waals surface area contributed by atoms with Gasteiger partial charge in [0.1, 0.15) is 0 Å². The molecule has 0 aliphatic carbocycles. The van der Waals surface area contributed by atoms with E-state index in [1.807, 2.05) is 13.0 Å². The molecule has 1 N–H and O–H groups in total. The highest BCUT2D eigenvalue weighted by Gasteiger charge is 2.29. The summed E-state index contributed by atoms with van der Waals surface area (Å²) < 4.78 is 31.1. The molecule has 0 aromatic heterocycles.